The maximum atomic E-state index is 11.1. The molecular weight excluding hydrogens is 246 g/mol. The molecule has 0 saturated carbocycles. The normalized spacial score (nSPS) is 22.2. The third-order valence-electron chi connectivity index (χ3n) is 3.51. The van der Waals surface area contributed by atoms with Gasteiger partial charge in [0, 0.05) is 11.6 Å². The van der Waals surface area contributed by atoms with Crippen LogP contribution in [0.5, 0.6) is 0 Å². The minimum absolute atomic E-state index is 0.0444. The Labute approximate surface area is 118 Å². The van der Waals surface area contributed by atoms with Crippen LogP contribution in [0.1, 0.15) is 5.56 Å². The molecule has 0 fully saturated rings. The van der Waals surface area contributed by atoms with Crippen LogP contribution < -0.4 is 4.90 Å². The van der Waals surface area contributed by atoms with Crippen molar-refractivity contribution in [1.29, 1.82) is 0 Å². The SMILES string of the molecule is C[NH+]1C=CC(=CC=C2C=CC(=O)C=C2)c2ccccc21. The van der Waals surface area contributed by atoms with Crippen LogP contribution in [0.2, 0.25) is 0 Å². The fraction of sp³-hybridized carbons (Fsp3) is 0.0556. The highest BCUT2D eigenvalue weighted by atomic mass is 16.1. The molecule has 0 saturated heterocycles. The van der Waals surface area contributed by atoms with Gasteiger partial charge in [0.05, 0.1) is 13.2 Å². The summed E-state index contributed by atoms with van der Waals surface area (Å²) in [5, 5.41) is 0. The lowest BCUT2D eigenvalue weighted by atomic mass is 9.99. The molecule has 1 atom stereocenters. The quantitative estimate of drug-likeness (QED) is 0.824. The summed E-state index contributed by atoms with van der Waals surface area (Å²) in [6.07, 6.45) is 15.3. The first-order valence-corrected chi connectivity index (χ1v) is 6.67. The average Bonchev–Trinajstić information content (AvgIpc) is 2.49. The van der Waals surface area contributed by atoms with E-state index in [1.807, 2.05) is 18.2 Å². The minimum Gasteiger partial charge on any atom is -0.290 e. The zero-order chi connectivity index (χ0) is 13.9. The number of nitrogens with one attached hydrogen (secondary N) is 1. The van der Waals surface area contributed by atoms with Gasteiger partial charge in [0.25, 0.3) is 0 Å². The van der Waals surface area contributed by atoms with Gasteiger partial charge in [-0.05, 0) is 35.4 Å². The molecule has 20 heavy (non-hydrogen) atoms. The Morgan fingerprint density at radius 2 is 1.70 bits per heavy atom. The van der Waals surface area contributed by atoms with Gasteiger partial charge in [-0.15, -0.1) is 0 Å². The van der Waals surface area contributed by atoms with Crippen molar-refractivity contribution >= 4 is 17.0 Å². The fourth-order valence-corrected chi connectivity index (χ4v) is 2.38. The van der Waals surface area contributed by atoms with Crippen molar-refractivity contribution in [3.63, 3.8) is 0 Å². The molecule has 0 radical (unpaired) electrons. The van der Waals surface area contributed by atoms with Crippen molar-refractivity contribution in [3.05, 3.63) is 84.1 Å². The number of allylic oxidation sites excluding steroid dienone is 9. The zero-order valence-corrected chi connectivity index (χ0v) is 11.3. The molecule has 2 nitrogen and oxygen atoms in total. The van der Waals surface area contributed by atoms with Crippen molar-refractivity contribution in [2.45, 2.75) is 0 Å². The maximum absolute atomic E-state index is 11.1. The molecule has 3 rings (SSSR count). The molecule has 0 bridgehead atoms. The summed E-state index contributed by atoms with van der Waals surface area (Å²) in [6, 6.07) is 8.41. The topological polar surface area (TPSA) is 21.5 Å². The number of rotatable bonds is 1. The zero-order valence-electron chi connectivity index (χ0n) is 11.3. The molecule has 1 aliphatic carbocycles. The van der Waals surface area contributed by atoms with Crippen LogP contribution in [0.3, 0.4) is 0 Å². The molecule has 98 valence electrons. The van der Waals surface area contributed by atoms with Gasteiger partial charge in [0.1, 0.15) is 5.69 Å². The molecule has 0 amide bonds. The molecular formula is C18H16NO+. The summed E-state index contributed by atoms with van der Waals surface area (Å²) < 4.78 is 0. The molecule has 1 aliphatic heterocycles. The number of quaternary nitrogens is 1. The Bertz CT molecular complexity index is 684. The highest BCUT2D eigenvalue weighted by Crippen LogP contribution is 2.25. The molecule has 0 aromatic heterocycles. The van der Waals surface area contributed by atoms with Crippen molar-refractivity contribution in [3.8, 4) is 0 Å². The van der Waals surface area contributed by atoms with Crippen LogP contribution in [-0.4, -0.2) is 12.8 Å². The Morgan fingerprint density at radius 1 is 0.950 bits per heavy atom. The summed E-state index contributed by atoms with van der Waals surface area (Å²) >= 11 is 0. The van der Waals surface area contributed by atoms with Crippen molar-refractivity contribution in [1.82, 2.24) is 0 Å². The van der Waals surface area contributed by atoms with Crippen molar-refractivity contribution < 1.29 is 9.69 Å². The van der Waals surface area contributed by atoms with Crippen molar-refractivity contribution in [2.24, 2.45) is 0 Å². The minimum atomic E-state index is 0.0444. The number of benzene rings is 1. The standard InChI is InChI=1S/C18H15NO/c1-19-13-12-15(17-4-2-3-5-18(17)19)9-6-14-7-10-16(20)11-8-14/h2-13H,1H3/p+1. The molecule has 1 heterocycles. The van der Waals surface area contributed by atoms with Gasteiger partial charge in [-0.25, -0.2) is 0 Å². The number of hydrogen-bond donors (Lipinski definition) is 1. The van der Waals surface area contributed by atoms with Gasteiger partial charge in [-0.1, -0.05) is 36.4 Å². The maximum Gasteiger partial charge on any atom is 0.178 e. The first-order valence-electron chi connectivity index (χ1n) is 6.67. The summed E-state index contributed by atoms with van der Waals surface area (Å²) in [5.74, 6) is 0.0444. The first kappa shape index (κ1) is 12.6. The summed E-state index contributed by atoms with van der Waals surface area (Å²) in [6.45, 7) is 0. The van der Waals surface area contributed by atoms with E-state index >= 15 is 0 Å². The Balaban J connectivity index is 1.95. The van der Waals surface area contributed by atoms with E-state index in [4.69, 9.17) is 0 Å². The summed E-state index contributed by atoms with van der Waals surface area (Å²) in [7, 11) is 2.13. The van der Waals surface area contributed by atoms with Crippen LogP contribution >= 0.6 is 0 Å². The number of ketones is 1. The van der Waals surface area contributed by atoms with Gasteiger partial charge in [0.15, 0.2) is 5.78 Å². The lowest BCUT2D eigenvalue weighted by Gasteiger charge is -2.17. The smallest absolute Gasteiger partial charge is 0.178 e. The number of carbonyl (C=O) groups excluding carboxylic acids is 1. The molecule has 0 spiro atoms. The van der Waals surface area contributed by atoms with E-state index in [0.717, 1.165) is 5.57 Å². The second-order valence-electron chi connectivity index (χ2n) is 4.92. The van der Waals surface area contributed by atoms with E-state index < -0.39 is 0 Å². The first-order chi connectivity index (χ1) is 9.74. The molecule has 1 aromatic rings. The number of carbonyl (C=O) groups is 1. The van der Waals surface area contributed by atoms with Gasteiger partial charge in [-0.2, -0.15) is 0 Å². The van der Waals surface area contributed by atoms with Gasteiger partial charge >= 0.3 is 0 Å². The van der Waals surface area contributed by atoms with Crippen LogP contribution in [0, 0.1) is 0 Å². The second-order valence-corrected chi connectivity index (χ2v) is 4.92. The Morgan fingerprint density at radius 3 is 2.50 bits per heavy atom. The number of hydrogen-bond acceptors (Lipinski definition) is 1. The van der Waals surface area contributed by atoms with Gasteiger partial charge in [-0.3, -0.25) is 9.69 Å². The predicted octanol–water partition coefficient (Wildman–Crippen LogP) is 2.37. The second kappa shape index (κ2) is 5.27. The number of fused-ring (bicyclic) bond motifs is 1. The summed E-state index contributed by atoms with van der Waals surface area (Å²) in [4.78, 5) is 12.4. The van der Waals surface area contributed by atoms with E-state index in [-0.39, 0.29) is 5.78 Å². The van der Waals surface area contributed by atoms with Crippen LogP contribution in [0.15, 0.2) is 78.6 Å². The predicted molar refractivity (Wildman–Crippen MR) is 81.5 cm³/mol. The fourth-order valence-electron chi connectivity index (χ4n) is 2.38. The van der Waals surface area contributed by atoms with E-state index in [1.54, 1.807) is 12.2 Å². The van der Waals surface area contributed by atoms with Crippen LogP contribution in [0.25, 0.3) is 5.57 Å². The third kappa shape index (κ3) is 2.46. The van der Waals surface area contributed by atoms with E-state index in [9.17, 15) is 4.79 Å². The van der Waals surface area contributed by atoms with Crippen molar-refractivity contribution in [2.75, 3.05) is 7.05 Å². The van der Waals surface area contributed by atoms with Crippen LogP contribution in [0.4, 0.5) is 5.69 Å². The van der Waals surface area contributed by atoms with E-state index in [0.29, 0.717) is 0 Å². The van der Waals surface area contributed by atoms with Crippen LogP contribution in [-0.2, 0) is 4.79 Å². The van der Waals surface area contributed by atoms with Gasteiger partial charge in [0.2, 0.25) is 0 Å². The molecule has 1 N–H and O–H groups in total. The van der Waals surface area contributed by atoms with Gasteiger partial charge < -0.3 is 0 Å². The molecule has 2 aliphatic rings. The average molecular weight is 262 g/mol. The molecule has 1 aromatic carbocycles. The molecule has 2 heteroatoms. The lowest BCUT2D eigenvalue weighted by molar-refractivity contribution is -0.751. The lowest BCUT2D eigenvalue weighted by Crippen LogP contribution is -2.99. The molecule has 1 unspecified atom stereocenters. The third-order valence-corrected chi connectivity index (χ3v) is 3.51. The highest BCUT2D eigenvalue weighted by Gasteiger charge is 2.16. The monoisotopic (exact) mass is 262 g/mol. The Kier molecular flexibility index (Phi) is 3.32. The highest BCUT2D eigenvalue weighted by molar-refractivity contribution is 6.01. The summed E-state index contributed by atoms with van der Waals surface area (Å²) in [5.41, 5.74) is 4.76. The van der Waals surface area contributed by atoms with E-state index in [1.165, 1.54) is 21.7 Å². The largest absolute Gasteiger partial charge is 0.290 e. The number of para-hydroxylation sites is 1. The van der Waals surface area contributed by atoms with E-state index in [2.05, 4.69) is 49.7 Å². The Hall–Kier alpha value is -2.45.